The van der Waals surface area contributed by atoms with Crippen molar-refractivity contribution in [2.75, 3.05) is 6.26 Å². The summed E-state index contributed by atoms with van der Waals surface area (Å²) in [6, 6.07) is 15.6. The normalized spacial score (nSPS) is 13.3. The Kier molecular flexibility index (Phi) is 6.83. The summed E-state index contributed by atoms with van der Waals surface area (Å²) in [4.78, 5) is 4.69. The number of sulfone groups is 1. The van der Waals surface area contributed by atoms with E-state index in [1.54, 1.807) is 12.1 Å². The Morgan fingerprint density at radius 1 is 1.06 bits per heavy atom. The first-order valence-corrected chi connectivity index (χ1v) is 11.8. The first-order chi connectivity index (χ1) is 14.6. The Morgan fingerprint density at radius 2 is 1.77 bits per heavy atom. The van der Waals surface area contributed by atoms with E-state index in [0.29, 0.717) is 17.8 Å². The SMILES string of the molecule is CCCC(c1ccccc1)c1nc(-c2cccc(S(C)(=O)=O)c2)nn1CCC(F)(F)F. The molecule has 5 nitrogen and oxygen atoms in total. The van der Waals surface area contributed by atoms with Gasteiger partial charge in [0, 0.05) is 17.7 Å². The number of aryl methyl sites for hydroxylation is 1. The molecule has 0 saturated carbocycles. The van der Waals surface area contributed by atoms with Crippen molar-refractivity contribution in [3.8, 4) is 11.4 Å². The molecule has 0 aliphatic carbocycles. The van der Waals surface area contributed by atoms with Gasteiger partial charge in [0.15, 0.2) is 15.7 Å². The lowest BCUT2D eigenvalue weighted by atomic mass is 9.93. The summed E-state index contributed by atoms with van der Waals surface area (Å²) in [5.41, 5.74) is 1.39. The van der Waals surface area contributed by atoms with Crippen molar-refractivity contribution >= 4 is 9.84 Å². The van der Waals surface area contributed by atoms with Gasteiger partial charge in [-0.05, 0) is 24.1 Å². The molecule has 166 valence electrons. The molecule has 1 unspecified atom stereocenters. The number of halogens is 3. The third-order valence-corrected chi connectivity index (χ3v) is 6.03. The topological polar surface area (TPSA) is 64.8 Å². The minimum Gasteiger partial charge on any atom is -0.248 e. The van der Waals surface area contributed by atoms with E-state index in [2.05, 4.69) is 10.1 Å². The van der Waals surface area contributed by atoms with Crippen molar-refractivity contribution in [1.29, 1.82) is 0 Å². The lowest BCUT2D eigenvalue weighted by Crippen LogP contribution is -2.17. The molecule has 2 aromatic carbocycles. The van der Waals surface area contributed by atoms with Crippen LogP contribution in [-0.4, -0.2) is 35.6 Å². The van der Waals surface area contributed by atoms with Crippen LogP contribution in [0.15, 0.2) is 59.5 Å². The van der Waals surface area contributed by atoms with Gasteiger partial charge in [-0.15, -0.1) is 0 Å². The second kappa shape index (κ2) is 9.21. The fourth-order valence-electron chi connectivity index (χ4n) is 3.42. The molecular weight excluding hydrogens is 427 g/mol. The second-order valence-electron chi connectivity index (χ2n) is 7.43. The number of aromatic nitrogens is 3. The smallest absolute Gasteiger partial charge is 0.248 e. The number of alkyl halides is 3. The number of rotatable bonds is 8. The molecular formula is C22H24F3N3O2S. The Bertz CT molecular complexity index is 1130. The summed E-state index contributed by atoms with van der Waals surface area (Å²) < 4.78 is 63.9. The quantitative estimate of drug-likeness (QED) is 0.470. The lowest BCUT2D eigenvalue weighted by molar-refractivity contribution is -0.137. The molecule has 0 fully saturated rings. The van der Waals surface area contributed by atoms with Crippen LogP contribution in [0.1, 0.15) is 43.5 Å². The summed E-state index contributed by atoms with van der Waals surface area (Å²) >= 11 is 0. The van der Waals surface area contributed by atoms with Crippen LogP contribution in [0.25, 0.3) is 11.4 Å². The third-order valence-electron chi connectivity index (χ3n) is 4.92. The fourth-order valence-corrected chi connectivity index (χ4v) is 4.08. The highest BCUT2D eigenvalue weighted by molar-refractivity contribution is 7.90. The van der Waals surface area contributed by atoms with E-state index in [9.17, 15) is 21.6 Å². The summed E-state index contributed by atoms with van der Waals surface area (Å²) in [6.45, 7) is 1.65. The van der Waals surface area contributed by atoms with Gasteiger partial charge in [0.2, 0.25) is 0 Å². The highest BCUT2D eigenvalue weighted by Crippen LogP contribution is 2.31. The largest absolute Gasteiger partial charge is 0.390 e. The molecule has 0 N–H and O–H groups in total. The minimum absolute atomic E-state index is 0.103. The second-order valence-corrected chi connectivity index (χ2v) is 9.45. The standard InChI is InChI=1S/C22H24F3N3O2S/c1-3-8-19(16-9-5-4-6-10-16)21-26-20(27-28(21)14-13-22(23,24)25)17-11-7-12-18(15-17)31(2,29)30/h4-7,9-12,15,19H,3,8,13-14H2,1-2H3. The van der Waals surface area contributed by atoms with Crippen LogP contribution in [0.5, 0.6) is 0 Å². The Morgan fingerprint density at radius 3 is 2.39 bits per heavy atom. The predicted octanol–water partition coefficient (Wildman–Crippen LogP) is 5.23. The molecule has 1 heterocycles. The van der Waals surface area contributed by atoms with Crippen molar-refractivity contribution in [1.82, 2.24) is 14.8 Å². The van der Waals surface area contributed by atoms with Crippen LogP contribution >= 0.6 is 0 Å². The molecule has 1 atom stereocenters. The van der Waals surface area contributed by atoms with Crippen molar-refractivity contribution in [2.45, 2.75) is 49.7 Å². The van der Waals surface area contributed by atoms with Crippen LogP contribution in [0, 0.1) is 0 Å². The monoisotopic (exact) mass is 451 g/mol. The first kappa shape index (κ1) is 23.0. The molecule has 3 aromatic rings. The molecule has 3 rings (SSSR count). The van der Waals surface area contributed by atoms with Crippen LogP contribution in [-0.2, 0) is 16.4 Å². The first-order valence-electron chi connectivity index (χ1n) is 9.95. The van der Waals surface area contributed by atoms with Crippen molar-refractivity contribution in [2.24, 2.45) is 0 Å². The summed E-state index contributed by atoms with van der Waals surface area (Å²) in [7, 11) is -3.45. The van der Waals surface area contributed by atoms with Crippen molar-refractivity contribution in [3.63, 3.8) is 0 Å². The minimum atomic E-state index is -4.33. The maximum atomic E-state index is 12.9. The van der Waals surface area contributed by atoms with Gasteiger partial charge in [0.1, 0.15) is 5.82 Å². The average Bonchev–Trinajstić information content (AvgIpc) is 3.14. The van der Waals surface area contributed by atoms with Gasteiger partial charge >= 0.3 is 6.18 Å². The van der Waals surface area contributed by atoms with E-state index in [-0.39, 0.29) is 23.2 Å². The van der Waals surface area contributed by atoms with E-state index < -0.39 is 22.4 Å². The lowest BCUT2D eigenvalue weighted by Gasteiger charge is -2.17. The molecule has 0 amide bonds. The molecule has 0 saturated heterocycles. The highest BCUT2D eigenvalue weighted by Gasteiger charge is 2.29. The molecule has 31 heavy (non-hydrogen) atoms. The molecule has 0 aliphatic heterocycles. The zero-order valence-electron chi connectivity index (χ0n) is 17.3. The van der Waals surface area contributed by atoms with Gasteiger partial charge in [-0.25, -0.2) is 18.1 Å². The number of hydrogen-bond acceptors (Lipinski definition) is 4. The maximum Gasteiger partial charge on any atom is 0.390 e. The molecule has 0 aliphatic rings. The van der Waals surface area contributed by atoms with Crippen LogP contribution < -0.4 is 0 Å². The van der Waals surface area contributed by atoms with Gasteiger partial charge in [0.25, 0.3) is 0 Å². The number of hydrogen-bond donors (Lipinski definition) is 0. The molecule has 1 aromatic heterocycles. The van der Waals surface area contributed by atoms with Crippen LogP contribution in [0.2, 0.25) is 0 Å². The zero-order chi connectivity index (χ0) is 22.6. The summed E-state index contributed by atoms with van der Waals surface area (Å²) in [6.07, 6.45) is -2.76. The van der Waals surface area contributed by atoms with E-state index in [4.69, 9.17) is 0 Å². The van der Waals surface area contributed by atoms with Gasteiger partial charge in [-0.2, -0.15) is 18.3 Å². The Balaban J connectivity index is 2.10. The van der Waals surface area contributed by atoms with Crippen molar-refractivity contribution in [3.05, 3.63) is 66.0 Å². The van der Waals surface area contributed by atoms with E-state index in [1.165, 1.54) is 16.8 Å². The average molecular weight is 452 g/mol. The number of benzene rings is 2. The predicted molar refractivity (Wildman–Crippen MR) is 112 cm³/mol. The van der Waals surface area contributed by atoms with Crippen LogP contribution in [0.3, 0.4) is 0 Å². The Hall–Kier alpha value is -2.68. The fraction of sp³-hybridized carbons (Fsp3) is 0.364. The van der Waals surface area contributed by atoms with E-state index in [1.807, 2.05) is 37.3 Å². The van der Waals surface area contributed by atoms with Crippen molar-refractivity contribution < 1.29 is 21.6 Å². The van der Waals surface area contributed by atoms with Crippen LogP contribution in [0.4, 0.5) is 13.2 Å². The molecule has 0 bridgehead atoms. The summed E-state index contributed by atoms with van der Waals surface area (Å²) in [5.74, 6) is 0.426. The molecule has 0 spiro atoms. The highest BCUT2D eigenvalue weighted by atomic mass is 32.2. The number of nitrogens with zero attached hydrogens (tertiary/aromatic N) is 3. The van der Waals surface area contributed by atoms with E-state index >= 15 is 0 Å². The van der Waals surface area contributed by atoms with Gasteiger partial charge in [0.05, 0.1) is 17.9 Å². The van der Waals surface area contributed by atoms with Gasteiger partial charge in [-0.1, -0.05) is 55.8 Å². The maximum absolute atomic E-state index is 12.9. The van der Waals surface area contributed by atoms with Gasteiger partial charge < -0.3 is 0 Å². The Labute approximate surface area is 179 Å². The third kappa shape index (κ3) is 5.94. The zero-order valence-corrected chi connectivity index (χ0v) is 18.1. The van der Waals surface area contributed by atoms with E-state index in [0.717, 1.165) is 18.2 Å². The van der Waals surface area contributed by atoms with Gasteiger partial charge in [-0.3, -0.25) is 0 Å². The molecule has 0 radical (unpaired) electrons. The molecule has 9 heteroatoms. The summed E-state index contributed by atoms with van der Waals surface area (Å²) in [5, 5.41) is 4.35.